The number of hydrogen-bond acceptors (Lipinski definition) is 3. The molecule has 2 aromatic rings. The third-order valence-corrected chi connectivity index (χ3v) is 5.50. The van der Waals surface area contributed by atoms with Gasteiger partial charge < -0.3 is 9.52 Å². The lowest BCUT2D eigenvalue weighted by Gasteiger charge is -2.22. The highest BCUT2D eigenvalue weighted by Crippen LogP contribution is 2.46. The number of likely N-dealkylation sites (tertiary alicyclic amines) is 1. The number of rotatable bonds is 4. The van der Waals surface area contributed by atoms with E-state index in [9.17, 15) is 9.90 Å². The van der Waals surface area contributed by atoms with Crippen LogP contribution in [0.25, 0.3) is 0 Å². The van der Waals surface area contributed by atoms with Crippen LogP contribution in [0.15, 0.2) is 47.1 Å². The van der Waals surface area contributed by atoms with Crippen LogP contribution in [0, 0.1) is 5.92 Å². The first-order valence-corrected chi connectivity index (χ1v) is 8.32. The van der Waals surface area contributed by atoms with Crippen LogP contribution in [0.2, 0.25) is 0 Å². The molecule has 1 aliphatic heterocycles. The van der Waals surface area contributed by atoms with Crippen LogP contribution in [0.3, 0.4) is 0 Å². The molecule has 4 heteroatoms. The van der Waals surface area contributed by atoms with Gasteiger partial charge in [-0.25, -0.2) is 4.79 Å². The van der Waals surface area contributed by atoms with Crippen molar-refractivity contribution in [3.63, 3.8) is 0 Å². The van der Waals surface area contributed by atoms with E-state index < -0.39 is 5.97 Å². The highest BCUT2D eigenvalue weighted by atomic mass is 16.4. The van der Waals surface area contributed by atoms with Crippen LogP contribution in [0.1, 0.15) is 46.9 Å². The molecule has 0 bridgehead atoms. The smallest absolute Gasteiger partial charge is 0.339 e. The average Bonchev–Trinajstić information content (AvgIpc) is 3.26. The Kier molecular flexibility index (Phi) is 3.69. The summed E-state index contributed by atoms with van der Waals surface area (Å²) in [5, 5.41) is 9.27. The van der Waals surface area contributed by atoms with Crippen LogP contribution in [-0.2, 0) is 6.54 Å². The molecule has 1 aliphatic carbocycles. The fourth-order valence-electron chi connectivity index (χ4n) is 4.49. The number of aromatic carboxylic acids is 1. The Morgan fingerprint density at radius 2 is 2.04 bits per heavy atom. The van der Waals surface area contributed by atoms with Crippen LogP contribution < -0.4 is 0 Å². The molecule has 0 spiro atoms. The average molecular weight is 311 g/mol. The van der Waals surface area contributed by atoms with Gasteiger partial charge in [-0.1, -0.05) is 36.8 Å². The van der Waals surface area contributed by atoms with Crippen molar-refractivity contribution in [3.8, 4) is 0 Å². The van der Waals surface area contributed by atoms with E-state index in [1.54, 1.807) is 6.07 Å². The molecule has 4 nitrogen and oxygen atoms in total. The topological polar surface area (TPSA) is 53.7 Å². The number of benzene rings is 1. The minimum atomic E-state index is -0.907. The molecular formula is C19H21NO3. The highest BCUT2D eigenvalue weighted by molar-refractivity contribution is 5.88. The minimum absolute atomic E-state index is 0.294. The number of nitrogens with zero attached hydrogens (tertiary/aromatic N) is 1. The summed E-state index contributed by atoms with van der Waals surface area (Å²) < 4.78 is 5.45. The second-order valence-electron chi connectivity index (χ2n) is 6.67. The maximum Gasteiger partial charge on any atom is 0.339 e. The van der Waals surface area contributed by atoms with Gasteiger partial charge in [-0.2, -0.15) is 0 Å². The Morgan fingerprint density at radius 1 is 1.22 bits per heavy atom. The van der Waals surface area contributed by atoms with E-state index in [0.29, 0.717) is 35.7 Å². The van der Waals surface area contributed by atoms with Crippen LogP contribution in [0.4, 0.5) is 0 Å². The second-order valence-corrected chi connectivity index (χ2v) is 6.67. The first kappa shape index (κ1) is 14.5. The third-order valence-electron chi connectivity index (χ3n) is 5.50. The summed E-state index contributed by atoms with van der Waals surface area (Å²) in [7, 11) is 0. The number of furan rings is 1. The molecule has 1 aromatic carbocycles. The molecule has 2 heterocycles. The summed E-state index contributed by atoms with van der Waals surface area (Å²) in [5.74, 6) is 0.903. The van der Waals surface area contributed by atoms with E-state index in [4.69, 9.17) is 4.42 Å². The monoisotopic (exact) mass is 311 g/mol. The van der Waals surface area contributed by atoms with E-state index in [0.717, 1.165) is 6.54 Å². The van der Waals surface area contributed by atoms with Gasteiger partial charge in [0.2, 0.25) is 0 Å². The quantitative estimate of drug-likeness (QED) is 0.934. The van der Waals surface area contributed by atoms with Gasteiger partial charge in [-0.15, -0.1) is 0 Å². The second kappa shape index (κ2) is 5.85. The van der Waals surface area contributed by atoms with Crippen molar-refractivity contribution < 1.29 is 14.3 Å². The van der Waals surface area contributed by atoms with Crippen LogP contribution >= 0.6 is 0 Å². The maximum atomic E-state index is 11.3. The predicted octanol–water partition coefficient (Wildman–Crippen LogP) is 3.75. The lowest BCUT2D eigenvalue weighted by Crippen LogP contribution is -2.29. The molecule has 3 atom stereocenters. The molecule has 2 aliphatic rings. The van der Waals surface area contributed by atoms with Crippen molar-refractivity contribution in [2.24, 2.45) is 5.92 Å². The summed E-state index contributed by atoms with van der Waals surface area (Å²) in [6, 6.07) is 12.8. The number of fused-ring (bicyclic) bond motifs is 1. The first-order chi connectivity index (χ1) is 11.2. The fraction of sp³-hybridized carbons (Fsp3) is 0.421. The SMILES string of the molecule is O=C(O)c1ccoc1CN1CC(c2ccccc2)C2CCCC21. The Morgan fingerprint density at radius 3 is 2.83 bits per heavy atom. The van der Waals surface area contributed by atoms with Crippen molar-refractivity contribution >= 4 is 5.97 Å². The Labute approximate surface area is 135 Å². The molecule has 4 rings (SSSR count). The molecule has 1 saturated carbocycles. The summed E-state index contributed by atoms with van der Waals surface area (Å²) in [6.07, 6.45) is 5.22. The molecule has 120 valence electrons. The summed E-state index contributed by atoms with van der Waals surface area (Å²) in [6.45, 7) is 1.58. The van der Waals surface area contributed by atoms with Crippen molar-refractivity contribution in [1.82, 2.24) is 4.90 Å². The number of carboxylic acid groups (broad SMARTS) is 1. The van der Waals surface area contributed by atoms with Gasteiger partial charge in [0.15, 0.2) is 0 Å². The highest BCUT2D eigenvalue weighted by Gasteiger charge is 2.45. The van der Waals surface area contributed by atoms with E-state index in [1.807, 2.05) is 0 Å². The van der Waals surface area contributed by atoms with E-state index in [1.165, 1.54) is 31.1 Å². The number of hydrogen-bond donors (Lipinski definition) is 1. The zero-order valence-corrected chi connectivity index (χ0v) is 13.0. The molecule has 3 unspecified atom stereocenters. The van der Waals surface area contributed by atoms with Gasteiger partial charge in [0.25, 0.3) is 0 Å². The normalized spacial score (nSPS) is 27.2. The van der Waals surface area contributed by atoms with Gasteiger partial charge >= 0.3 is 5.97 Å². The molecule has 1 N–H and O–H groups in total. The molecule has 23 heavy (non-hydrogen) atoms. The minimum Gasteiger partial charge on any atom is -0.478 e. The van der Waals surface area contributed by atoms with Crippen molar-refractivity contribution in [2.45, 2.75) is 37.8 Å². The molecule has 0 radical (unpaired) electrons. The van der Waals surface area contributed by atoms with Crippen LogP contribution in [0.5, 0.6) is 0 Å². The van der Waals surface area contributed by atoms with E-state index >= 15 is 0 Å². The van der Waals surface area contributed by atoms with Crippen molar-refractivity contribution in [3.05, 3.63) is 59.5 Å². The van der Waals surface area contributed by atoms with Gasteiger partial charge in [0, 0.05) is 18.5 Å². The van der Waals surface area contributed by atoms with Crippen molar-refractivity contribution in [2.75, 3.05) is 6.54 Å². The van der Waals surface area contributed by atoms with Gasteiger partial charge in [-0.3, -0.25) is 4.90 Å². The van der Waals surface area contributed by atoms with Gasteiger partial charge in [0.1, 0.15) is 11.3 Å². The Bertz CT molecular complexity index is 694. The first-order valence-electron chi connectivity index (χ1n) is 8.32. The molecular weight excluding hydrogens is 290 g/mol. The summed E-state index contributed by atoms with van der Waals surface area (Å²) >= 11 is 0. The van der Waals surface area contributed by atoms with Gasteiger partial charge in [0.05, 0.1) is 12.8 Å². The van der Waals surface area contributed by atoms with E-state index in [-0.39, 0.29) is 0 Å². The predicted molar refractivity (Wildman–Crippen MR) is 86.4 cm³/mol. The summed E-state index contributed by atoms with van der Waals surface area (Å²) in [5.41, 5.74) is 1.70. The number of carbonyl (C=O) groups is 1. The standard InChI is InChI=1S/C19H21NO3/c21-19(22)15-9-10-23-18(15)12-20-11-16(13-5-2-1-3-6-13)14-7-4-8-17(14)20/h1-3,5-6,9-10,14,16-17H,4,7-8,11-12H2,(H,21,22). The summed E-state index contributed by atoms with van der Waals surface area (Å²) in [4.78, 5) is 13.7. The zero-order valence-electron chi connectivity index (χ0n) is 13.0. The maximum absolute atomic E-state index is 11.3. The number of carboxylic acids is 1. The zero-order chi connectivity index (χ0) is 15.8. The lowest BCUT2D eigenvalue weighted by molar-refractivity contribution is 0.0692. The van der Waals surface area contributed by atoms with Crippen molar-refractivity contribution in [1.29, 1.82) is 0 Å². The van der Waals surface area contributed by atoms with Crippen LogP contribution in [-0.4, -0.2) is 28.6 Å². The molecule has 0 amide bonds. The largest absolute Gasteiger partial charge is 0.478 e. The Balaban J connectivity index is 1.58. The lowest BCUT2D eigenvalue weighted by atomic mass is 9.87. The molecule has 1 saturated heterocycles. The molecule has 2 fully saturated rings. The third kappa shape index (κ3) is 2.57. The van der Waals surface area contributed by atoms with Gasteiger partial charge in [-0.05, 0) is 30.4 Å². The van der Waals surface area contributed by atoms with E-state index in [2.05, 4.69) is 35.2 Å². The Hall–Kier alpha value is -2.07. The fourth-order valence-corrected chi connectivity index (χ4v) is 4.49. The molecule has 1 aromatic heterocycles.